The molecule has 1 N–H and O–H groups in total. The van der Waals surface area contributed by atoms with Crippen molar-refractivity contribution in [1.29, 1.82) is 0 Å². The number of alkyl halides is 9. The van der Waals surface area contributed by atoms with Crippen molar-refractivity contribution in [3.8, 4) is 0 Å². The zero-order chi connectivity index (χ0) is 114. The largest absolute Gasteiger partial charge is 0.391 e. The molecule has 148 heavy (non-hydrogen) atoms. The average molecular weight is 2120 g/mol. The van der Waals surface area contributed by atoms with Gasteiger partial charge >= 0.3 is 18.5 Å². The third-order valence-corrected chi connectivity index (χ3v) is 32.4. The number of carbonyl (C=O) groups is 9. The fraction of sp³-hybridized carbons (Fsp3) is 0.924. The smallest absolute Gasteiger partial charge is 0.354 e. The number of likely N-dealkylation sites (tertiary alicyclic amines) is 9. The minimum absolute atomic E-state index is 0.00431. The molecule has 9 rings (SSSR count). The Labute approximate surface area is 896 Å². The Morgan fingerprint density at radius 3 is 0.878 bits per heavy atom. The van der Waals surface area contributed by atoms with E-state index in [2.05, 4.69) is 257 Å². The van der Waals surface area contributed by atoms with Crippen LogP contribution in [0.25, 0.3) is 0 Å². The van der Waals surface area contributed by atoms with Gasteiger partial charge < -0.3 is 59.2 Å². The van der Waals surface area contributed by atoms with E-state index in [0.717, 1.165) is 240 Å². The highest BCUT2D eigenvalue weighted by molar-refractivity contribution is 5.86. The molecule has 3 amide bonds. The molecule has 9 fully saturated rings. The van der Waals surface area contributed by atoms with Gasteiger partial charge in [0.1, 0.15) is 34.7 Å². The summed E-state index contributed by atoms with van der Waals surface area (Å²) in [4.78, 5) is 133. The van der Waals surface area contributed by atoms with E-state index >= 15 is 0 Å². The first kappa shape index (κ1) is 141. The highest BCUT2D eigenvalue weighted by Crippen LogP contribution is 2.40. The van der Waals surface area contributed by atoms with Crippen LogP contribution in [0.15, 0.2) is 0 Å². The Bertz CT molecular complexity index is 3650. The maximum Gasteiger partial charge on any atom is 0.391 e. The van der Waals surface area contributed by atoms with Gasteiger partial charge in [0.25, 0.3) is 0 Å². The molecule has 0 radical (unpaired) electrons. The zero-order valence-corrected chi connectivity index (χ0v) is 100. The molecule has 9 aliphatic heterocycles. The second kappa shape index (κ2) is 70.2. The topological polar surface area (TPSA) is 201 Å². The van der Waals surface area contributed by atoms with Crippen LogP contribution in [0.4, 0.5) is 39.5 Å². The molecule has 0 saturated carbocycles. The first-order chi connectivity index (χ1) is 68.4. The van der Waals surface area contributed by atoms with Crippen molar-refractivity contribution in [2.45, 2.75) is 487 Å². The summed E-state index contributed by atoms with van der Waals surface area (Å²) in [7, 11) is 3.86. The number of piperidine rings is 8. The molecule has 2 unspecified atom stereocenters. The van der Waals surface area contributed by atoms with Crippen molar-refractivity contribution in [2.75, 3.05) is 138 Å². The Hall–Kier alpha value is -4.56. The van der Waals surface area contributed by atoms with Gasteiger partial charge in [0.2, 0.25) is 17.7 Å². The number of hydrogen-bond acceptors (Lipinski definition) is 18. The highest BCUT2D eigenvalue weighted by Gasteiger charge is 2.44. The average Bonchev–Trinajstić information content (AvgIpc) is 0.790. The summed E-state index contributed by atoms with van der Waals surface area (Å²) in [5.74, 6) is 3.22. The van der Waals surface area contributed by atoms with Gasteiger partial charge in [0.15, 0.2) is 0 Å². The second-order valence-electron chi connectivity index (χ2n) is 50.0. The summed E-state index contributed by atoms with van der Waals surface area (Å²) in [6, 6.07) is 5.58. The molecular weight excluding hydrogens is 1900 g/mol. The van der Waals surface area contributed by atoms with E-state index in [9.17, 15) is 82.7 Å². The van der Waals surface area contributed by atoms with Gasteiger partial charge in [-0.15, -0.1) is 0 Å². The lowest BCUT2D eigenvalue weighted by atomic mass is 9.71. The molecule has 9 aliphatic rings. The Morgan fingerprint density at radius 1 is 0.318 bits per heavy atom. The number of Topliss-reactive ketones (excluding diaryl/α,β-unsaturated/α-hetero) is 6. The number of ketones is 6. The quantitative estimate of drug-likeness (QED) is 0.0580. The molecule has 0 spiro atoms. The first-order valence-corrected chi connectivity index (χ1v) is 58.3. The molecule has 0 aromatic carbocycles. The zero-order valence-electron chi connectivity index (χ0n) is 100. The molecule has 30 heteroatoms. The van der Waals surface area contributed by atoms with Crippen molar-refractivity contribution in [3.05, 3.63) is 0 Å². The fourth-order valence-corrected chi connectivity index (χ4v) is 21.2. The summed E-state index contributed by atoms with van der Waals surface area (Å²) in [6.45, 7) is 88.7. The van der Waals surface area contributed by atoms with Crippen LogP contribution in [-0.4, -0.2) is 330 Å². The van der Waals surface area contributed by atoms with Crippen LogP contribution < -0.4 is 5.32 Å². The van der Waals surface area contributed by atoms with Gasteiger partial charge in [0, 0.05) is 185 Å². The maximum absolute atomic E-state index is 12.4. The van der Waals surface area contributed by atoms with Crippen LogP contribution >= 0.6 is 0 Å². The predicted molar refractivity (Wildman–Crippen MR) is 591 cm³/mol. The number of halogens is 9. The molecule has 9 saturated heterocycles. The number of amides is 3. The number of nitrogens with one attached hydrogen (secondary N) is 1. The molecule has 9 heterocycles. The van der Waals surface area contributed by atoms with Gasteiger partial charge in [-0.05, 0) is 409 Å². The van der Waals surface area contributed by atoms with E-state index in [-0.39, 0.29) is 101 Å². The summed E-state index contributed by atoms with van der Waals surface area (Å²) in [6.07, 6.45) is 4.01. The van der Waals surface area contributed by atoms with Crippen molar-refractivity contribution in [2.24, 2.45) is 81.8 Å². The Balaban J connectivity index is 0.000000833. The van der Waals surface area contributed by atoms with Crippen molar-refractivity contribution in [1.82, 2.24) is 59.2 Å². The van der Waals surface area contributed by atoms with E-state index in [1.165, 1.54) is 0 Å². The van der Waals surface area contributed by atoms with E-state index in [0.29, 0.717) is 145 Å². The molecule has 870 valence electrons. The van der Waals surface area contributed by atoms with E-state index < -0.39 is 37.3 Å². The van der Waals surface area contributed by atoms with Gasteiger partial charge in [-0.1, -0.05) is 76.2 Å². The highest BCUT2D eigenvalue weighted by atomic mass is 19.4. The lowest BCUT2D eigenvalue weighted by Crippen LogP contribution is -2.46. The van der Waals surface area contributed by atoms with E-state index in [4.69, 9.17) is 0 Å². The molecule has 0 bridgehead atoms. The Morgan fingerprint density at radius 2 is 0.595 bits per heavy atom. The van der Waals surface area contributed by atoms with Crippen LogP contribution in [0.1, 0.15) is 402 Å². The van der Waals surface area contributed by atoms with Gasteiger partial charge in [-0.2, -0.15) is 39.5 Å². The first-order valence-electron chi connectivity index (χ1n) is 58.3. The number of nitrogens with zero attached hydrogens (tertiary/aromatic N) is 11. The summed E-state index contributed by atoms with van der Waals surface area (Å²) in [5.41, 5.74) is -0.0503. The molecule has 21 nitrogen and oxygen atoms in total. The Kier molecular flexibility index (Phi) is 67.1. The van der Waals surface area contributed by atoms with Gasteiger partial charge in [-0.3, -0.25) is 43.2 Å². The van der Waals surface area contributed by atoms with E-state index in [1.807, 2.05) is 37.7 Å². The predicted octanol–water partition coefficient (Wildman–Crippen LogP) is 24.5. The van der Waals surface area contributed by atoms with Crippen LogP contribution in [0.3, 0.4) is 0 Å². The normalized spacial score (nSPS) is 20.5. The van der Waals surface area contributed by atoms with Crippen LogP contribution in [0.2, 0.25) is 0 Å². The summed E-state index contributed by atoms with van der Waals surface area (Å²) in [5, 5.41) is 2.98. The van der Waals surface area contributed by atoms with Gasteiger partial charge in [0.05, 0.1) is 18.3 Å². The van der Waals surface area contributed by atoms with Crippen molar-refractivity contribution >= 4 is 52.4 Å². The molecule has 0 aliphatic carbocycles. The lowest BCUT2D eigenvalue weighted by Gasteiger charge is -2.42. The number of rotatable bonds is 36. The summed E-state index contributed by atoms with van der Waals surface area (Å²) < 4.78 is 109. The van der Waals surface area contributed by atoms with Crippen LogP contribution in [0.5, 0.6) is 0 Å². The molecule has 0 aromatic heterocycles. The number of hydrogen-bond donors (Lipinski definition) is 1. The maximum atomic E-state index is 12.4. The van der Waals surface area contributed by atoms with E-state index in [1.54, 1.807) is 0 Å². The lowest BCUT2D eigenvalue weighted by molar-refractivity contribution is -0.174. The second-order valence-corrected chi connectivity index (χ2v) is 50.0. The minimum Gasteiger partial charge on any atom is -0.354 e. The molecular formula is C118H221F9N12O9. The molecule has 2 atom stereocenters. The van der Waals surface area contributed by atoms with Crippen LogP contribution in [0, 0.1) is 81.8 Å². The van der Waals surface area contributed by atoms with Crippen LogP contribution in [-0.2, 0) is 43.2 Å². The van der Waals surface area contributed by atoms with Crippen molar-refractivity contribution < 1.29 is 82.7 Å². The third-order valence-electron chi connectivity index (χ3n) is 32.4. The monoisotopic (exact) mass is 2120 g/mol. The standard InChI is InChI=1S/C15H29NO.C14H28N2O.C14H27NO.2C13H22F3NO.C13H26N2O.C13H25NO.C12H20F3NO.C11H22N2O/c1-6-15(14(17)11-12(2)3)7-9-16(10-8-15)13(4)5;1-11(2)10-15(5)14(17)13-6-8-16(9-7-13)12(3)4;1-11(2)10-13(16)14(5)6-8-15(9-7-14)12(3)4;1-9(2)17-6-4-11(5-7-17)12(18)8-10(3)13(14,15)16;1-10(2)17-8-5-11(6-9-17)12(18)4-3-7-13(14,15)16;1-10(2)14(5)13(16)12-6-8-15(9-7-12)11(3)4;1-10(2)9-13(15)12-5-7-14(8-6-12)11(3)4;1-9(2)16-7-4-10(5-8-16)11(17)3-6-12(13,14)15;1-8(2)12-11(14)10-5-6-13(7-10)9(3)4/h12-13H,6-11H2,1-5H3;11-13H,6-10H2,1-5H3;11-12H,6-10H2,1-5H3;9-11H,4-8H2,1-3H3;10-11H,3-9H2,1-2H3;10-12H,6-9H2,1-5H3;10-12H,5-9H2,1-4H3;9-10H,3-8H2,1-2H3;8-10H,5-7H2,1-4H3,(H,12,14). The molecule has 0 aromatic rings. The van der Waals surface area contributed by atoms with Gasteiger partial charge in [-0.25, -0.2) is 0 Å². The minimum atomic E-state index is -4.26. The third kappa shape index (κ3) is 56.4. The number of carbonyl (C=O) groups excluding carboxylic acids is 9. The summed E-state index contributed by atoms with van der Waals surface area (Å²) >= 11 is 0. The fourth-order valence-electron chi connectivity index (χ4n) is 21.2. The SMILES string of the molecule is CC(C)CC(=O)C1(C)CCN(C(C)C)CC1.CC(C)CC(=O)C1CCN(C(C)C)CC1.CC(C)CN(C)C(=O)C1CCN(C(C)C)CC1.CC(C)N1CCC(C(=O)CC(C)C(F)(F)F)CC1.CC(C)N1CCC(C(=O)CCC(F)(F)F)CC1.CC(C)N1CCC(C(=O)CCCC(F)(F)F)CC1.CC(C)N1CCC(C(=O)N(C)C(C)C)CC1.CC(C)NC(=O)C1CCN(C(C)C)C1.CCC1(C(=O)CC(C)C)CCN(C(C)C)CC1. The van der Waals surface area contributed by atoms with Crippen molar-refractivity contribution in [3.63, 3.8) is 0 Å².